The Hall–Kier alpha value is -1.59. The lowest BCUT2D eigenvalue weighted by Gasteiger charge is -2.04. The van der Waals surface area contributed by atoms with Gasteiger partial charge in [0.25, 0.3) is 5.91 Å². The Morgan fingerprint density at radius 1 is 1.39 bits per heavy atom. The van der Waals surface area contributed by atoms with Crippen LogP contribution in [0.25, 0.3) is 5.52 Å². The molecule has 0 aliphatic carbocycles. The predicted octanol–water partition coefficient (Wildman–Crippen LogP) is 1.10. The SMILES string of the molecule is CCNCCNC(=O)c1cnn2ccccc12.Cl. The first kappa shape index (κ1) is 14.5. The smallest absolute Gasteiger partial charge is 0.255 e. The summed E-state index contributed by atoms with van der Waals surface area (Å²) in [6.07, 6.45) is 3.42. The van der Waals surface area contributed by atoms with Crippen LogP contribution in [0.4, 0.5) is 0 Å². The first-order valence-corrected chi connectivity index (χ1v) is 5.74. The topological polar surface area (TPSA) is 58.4 Å². The number of amides is 1. The minimum absolute atomic E-state index is 0. The average molecular weight is 269 g/mol. The number of likely N-dealkylation sites (N-methyl/N-ethyl adjacent to an activating group) is 1. The molecule has 0 unspecified atom stereocenters. The summed E-state index contributed by atoms with van der Waals surface area (Å²) < 4.78 is 1.69. The van der Waals surface area contributed by atoms with Crippen LogP contribution in [0.1, 0.15) is 17.3 Å². The van der Waals surface area contributed by atoms with Crippen LogP contribution in [0.15, 0.2) is 30.6 Å². The summed E-state index contributed by atoms with van der Waals surface area (Å²) in [5.41, 5.74) is 1.44. The van der Waals surface area contributed by atoms with Gasteiger partial charge in [0, 0.05) is 19.3 Å². The fraction of sp³-hybridized carbons (Fsp3) is 0.333. The highest BCUT2D eigenvalue weighted by Crippen LogP contribution is 2.09. The van der Waals surface area contributed by atoms with Crippen LogP contribution in [0.5, 0.6) is 0 Å². The second-order valence-corrected chi connectivity index (χ2v) is 3.70. The summed E-state index contributed by atoms with van der Waals surface area (Å²) in [5, 5.41) is 10.1. The predicted molar refractivity (Wildman–Crippen MR) is 73.3 cm³/mol. The zero-order valence-corrected chi connectivity index (χ0v) is 11.0. The molecule has 0 atom stereocenters. The molecule has 0 radical (unpaired) electrons. The van der Waals surface area contributed by atoms with Gasteiger partial charge in [-0.2, -0.15) is 5.10 Å². The van der Waals surface area contributed by atoms with Gasteiger partial charge in [0.2, 0.25) is 0 Å². The highest BCUT2D eigenvalue weighted by Gasteiger charge is 2.10. The van der Waals surface area contributed by atoms with E-state index in [0.29, 0.717) is 12.1 Å². The molecule has 0 bridgehead atoms. The molecule has 0 aliphatic heterocycles. The first-order valence-electron chi connectivity index (χ1n) is 5.74. The van der Waals surface area contributed by atoms with Crippen LogP contribution in [0.2, 0.25) is 0 Å². The highest BCUT2D eigenvalue weighted by atomic mass is 35.5. The molecule has 2 aromatic rings. The fourth-order valence-corrected chi connectivity index (χ4v) is 1.65. The molecule has 0 aromatic carbocycles. The Bertz CT molecular complexity index is 512. The molecular weight excluding hydrogens is 252 g/mol. The van der Waals surface area contributed by atoms with Gasteiger partial charge in [-0.3, -0.25) is 4.79 Å². The van der Waals surface area contributed by atoms with E-state index in [4.69, 9.17) is 0 Å². The number of nitrogens with one attached hydrogen (secondary N) is 2. The summed E-state index contributed by atoms with van der Waals surface area (Å²) in [7, 11) is 0. The summed E-state index contributed by atoms with van der Waals surface area (Å²) >= 11 is 0. The van der Waals surface area contributed by atoms with Crippen molar-refractivity contribution in [3.8, 4) is 0 Å². The maximum atomic E-state index is 11.9. The quantitative estimate of drug-likeness (QED) is 0.799. The zero-order chi connectivity index (χ0) is 12.1. The molecule has 0 fully saturated rings. The molecule has 0 saturated heterocycles. The largest absolute Gasteiger partial charge is 0.351 e. The molecular formula is C12H17ClN4O. The second kappa shape index (κ2) is 6.98. The Labute approximate surface area is 112 Å². The number of halogens is 1. The lowest BCUT2D eigenvalue weighted by atomic mass is 10.2. The van der Waals surface area contributed by atoms with E-state index in [2.05, 4.69) is 15.7 Å². The molecule has 2 rings (SSSR count). The molecule has 98 valence electrons. The third kappa shape index (κ3) is 3.21. The van der Waals surface area contributed by atoms with E-state index in [1.807, 2.05) is 31.3 Å². The van der Waals surface area contributed by atoms with Crippen LogP contribution >= 0.6 is 12.4 Å². The number of hydrogen-bond acceptors (Lipinski definition) is 3. The molecule has 0 aliphatic rings. The molecule has 2 N–H and O–H groups in total. The van der Waals surface area contributed by atoms with E-state index in [0.717, 1.165) is 18.6 Å². The maximum absolute atomic E-state index is 11.9. The van der Waals surface area contributed by atoms with Gasteiger partial charge in [-0.15, -0.1) is 12.4 Å². The Morgan fingerprint density at radius 3 is 3.00 bits per heavy atom. The van der Waals surface area contributed by atoms with Crippen molar-refractivity contribution in [3.63, 3.8) is 0 Å². The number of aromatic nitrogens is 2. The van der Waals surface area contributed by atoms with Gasteiger partial charge >= 0.3 is 0 Å². The van der Waals surface area contributed by atoms with E-state index >= 15 is 0 Å². The van der Waals surface area contributed by atoms with Gasteiger partial charge in [0.15, 0.2) is 0 Å². The number of carbonyl (C=O) groups excluding carboxylic acids is 1. The normalized spacial score (nSPS) is 10.1. The van der Waals surface area contributed by atoms with E-state index in [-0.39, 0.29) is 18.3 Å². The van der Waals surface area contributed by atoms with Crippen LogP contribution in [0.3, 0.4) is 0 Å². The molecule has 0 spiro atoms. The Morgan fingerprint density at radius 2 is 2.22 bits per heavy atom. The average Bonchev–Trinajstić information content (AvgIpc) is 2.78. The third-order valence-electron chi connectivity index (χ3n) is 2.51. The maximum Gasteiger partial charge on any atom is 0.255 e. The van der Waals surface area contributed by atoms with Gasteiger partial charge < -0.3 is 10.6 Å². The van der Waals surface area contributed by atoms with E-state index in [1.165, 1.54) is 0 Å². The standard InChI is InChI=1S/C12H16N4O.ClH/c1-2-13-6-7-14-12(17)10-9-15-16-8-4-3-5-11(10)16;/h3-5,8-9,13H,2,6-7H2,1H3,(H,14,17);1H. The van der Waals surface area contributed by atoms with Gasteiger partial charge in [-0.05, 0) is 18.7 Å². The summed E-state index contributed by atoms with van der Waals surface area (Å²) in [6, 6.07) is 5.66. The lowest BCUT2D eigenvalue weighted by Crippen LogP contribution is -2.31. The number of rotatable bonds is 5. The summed E-state index contributed by atoms with van der Waals surface area (Å²) in [6.45, 7) is 4.35. The van der Waals surface area contributed by atoms with E-state index in [9.17, 15) is 4.79 Å². The van der Waals surface area contributed by atoms with Crippen molar-refractivity contribution in [1.82, 2.24) is 20.2 Å². The van der Waals surface area contributed by atoms with E-state index in [1.54, 1.807) is 10.7 Å². The van der Waals surface area contributed by atoms with Gasteiger partial charge in [-0.1, -0.05) is 13.0 Å². The van der Waals surface area contributed by atoms with Crippen molar-refractivity contribution >= 4 is 23.8 Å². The molecule has 5 nitrogen and oxygen atoms in total. The van der Waals surface area contributed by atoms with Crippen molar-refractivity contribution in [3.05, 3.63) is 36.2 Å². The first-order chi connectivity index (χ1) is 8.33. The van der Waals surface area contributed by atoms with Gasteiger partial charge in [-0.25, -0.2) is 4.52 Å². The second-order valence-electron chi connectivity index (χ2n) is 3.70. The number of hydrogen-bond donors (Lipinski definition) is 2. The van der Waals surface area contributed by atoms with Crippen molar-refractivity contribution in [2.24, 2.45) is 0 Å². The van der Waals surface area contributed by atoms with Crippen molar-refractivity contribution < 1.29 is 4.79 Å². The van der Waals surface area contributed by atoms with Crippen molar-refractivity contribution in [1.29, 1.82) is 0 Å². The van der Waals surface area contributed by atoms with Crippen molar-refractivity contribution in [2.75, 3.05) is 19.6 Å². The molecule has 2 aromatic heterocycles. The van der Waals surface area contributed by atoms with Crippen LogP contribution < -0.4 is 10.6 Å². The van der Waals surface area contributed by atoms with Crippen molar-refractivity contribution in [2.45, 2.75) is 6.92 Å². The fourth-order valence-electron chi connectivity index (χ4n) is 1.65. The molecule has 0 saturated carbocycles. The monoisotopic (exact) mass is 268 g/mol. The molecule has 6 heteroatoms. The third-order valence-corrected chi connectivity index (χ3v) is 2.51. The van der Waals surface area contributed by atoms with Crippen LogP contribution in [-0.4, -0.2) is 35.2 Å². The lowest BCUT2D eigenvalue weighted by molar-refractivity contribution is 0.0955. The van der Waals surface area contributed by atoms with E-state index < -0.39 is 0 Å². The van der Waals surface area contributed by atoms with Gasteiger partial charge in [0.1, 0.15) is 0 Å². The van der Waals surface area contributed by atoms with Gasteiger partial charge in [0.05, 0.1) is 17.3 Å². The summed E-state index contributed by atoms with van der Waals surface area (Å²) in [4.78, 5) is 11.9. The Balaban J connectivity index is 0.00000162. The van der Waals surface area contributed by atoms with Crippen LogP contribution in [-0.2, 0) is 0 Å². The number of nitrogens with zero attached hydrogens (tertiary/aromatic N) is 2. The van der Waals surface area contributed by atoms with Crippen LogP contribution in [0, 0.1) is 0 Å². The molecule has 2 heterocycles. The summed E-state index contributed by atoms with van der Waals surface area (Å²) in [5.74, 6) is -0.0795. The number of pyridine rings is 1. The Kier molecular flexibility index (Phi) is 5.61. The number of carbonyl (C=O) groups is 1. The minimum atomic E-state index is -0.0795. The minimum Gasteiger partial charge on any atom is -0.351 e. The number of fused-ring (bicyclic) bond motifs is 1. The highest BCUT2D eigenvalue weighted by molar-refractivity contribution is 6.00. The zero-order valence-electron chi connectivity index (χ0n) is 10.2. The molecule has 18 heavy (non-hydrogen) atoms. The molecule has 1 amide bonds.